The zero-order valence-corrected chi connectivity index (χ0v) is 19.4. The molecule has 0 fully saturated rings. The molecule has 8 nitrogen and oxygen atoms in total. The van der Waals surface area contributed by atoms with E-state index in [1.165, 1.54) is 5.56 Å². The van der Waals surface area contributed by atoms with Crippen LogP contribution in [0.15, 0.2) is 48.5 Å². The molecule has 2 heterocycles. The highest BCUT2D eigenvalue weighted by Crippen LogP contribution is 2.23. The van der Waals surface area contributed by atoms with E-state index >= 15 is 0 Å². The largest absolute Gasteiger partial charge is 0.367 e. The maximum atomic E-state index is 12.5. The second kappa shape index (κ2) is 10.4. The molecule has 4 rings (SSSR count). The molecule has 0 atom stereocenters. The van der Waals surface area contributed by atoms with E-state index in [1.54, 1.807) is 6.07 Å². The van der Waals surface area contributed by atoms with Crippen molar-refractivity contribution in [3.05, 3.63) is 65.5 Å². The van der Waals surface area contributed by atoms with Crippen LogP contribution in [0.1, 0.15) is 48.4 Å². The third kappa shape index (κ3) is 5.46. The van der Waals surface area contributed by atoms with E-state index in [2.05, 4.69) is 50.4 Å². The van der Waals surface area contributed by atoms with Crippen molar-refractivity contribution in [1.82, 2.24) is 30.2 Å². The molecule has 0 aliphatic rings. The van der Waals surface area contributed by atoms with Crippen molar-refractivity contribution in [1.29, 1.82) is 0 Å². The SMILES string of the molecule is Cc1nnc2c(NCCCCNCc3ccccc3)nc3ccc(C(=O)NC(C)C)cc3n12. The Kier molecular flexibility index (Phi) is 7.14. The zero-order valence-electron chi connectivity index (χ0n) is 19.4. The van der Waals surface area contributed by atoms with E-state index in [4.69, 9.17) is 4.98 Å². The quantitative estimate of drug-likeness (QED) is 0.322. The van der Waals surface area contributed by atoms with Crippen molar-refractivity contribution in [3.8, 4) is 0 Å². The van der Waals surface area contributed by atoms with Gasteiger partial charge in [-0.1, -0.05) is 30.3 Å². The van der Waals surface area contributed by atoms with Crippen LogP contribution in [-0.2, 0) is 6.54 Å². The Morgan fingerprint density at radius 3 is 2.61 bits per heavy atom. The smallest absolute Gasteiger partial charge is 0.251 e. The van der Waals surface area contributed by atoms with Crippen LogP contribution in [0.4, 0.5) is 5.82 Å². The molecule has 0 bridgehead atoms. The van der Waals surface area contributed by atoms with Gasteiger partial charge in [0.05, 0.1) is 11.0 Å². The van der Waals surface area contributed by atoms with Gasteiger partial charge in [0.15, 0.2) is 5.82 Å². The summed E-state index contributed by atoms with van der Waals surface area (Å²) < 4.78 is 1.96. The lowest BCUT2D eigenvalue weighted by atomic mass is 10.1. The highest BCUT2D eigenvalue weighted by Gasteiger charge is 2.15. The molecule has 0 radical (unpaired) electrons. The van der Waals surface area contributed by atoms with Crippen molar-refractivity contribution in [2.75, 3.05) is 18.4 Å². The molecule has 0 unspecified atom stereocenters. The van der Waals surface area contributed by atoms with Gasteiger partial charge in [0.1, 0.15) is 5.82 Å². The number of anilines is 1. The number of carbonyl (C=O) groups is 1. The van der Waals surface area contributed by atoms with Crippen molar-refractivity contribution >= 4 is 28.4 Å². The average Bonchev–Trinajstić information content (AvgIpc) is 3.20. The van der Waals surface area contributed by atoms with Crippen molar-refractivity contribution in [3.63, 3.8) is 0 Å². The summed E-state index contributed by atoms with van der Waals surface area (Å²) in [7, 11) is 0. The van der Waals surface area contributed by atoms with Gasteiger partial charge in [-0.3, -0.25) is 9.20 Å². The summed E-state index contributed by atoms with van der Waals surface area (Å²) in [6.07, 6.45) is 2.07. The molecule has 0 aliphatic heterocycles. The number of aromatic nitrogens is 4. The topological polar surface area (TPSA) is 96.2 Å². The Balaban J connectivity index is 1.41. The van der Waals surface area contributed by atoms with Crippen LogP contribution in [0, 0.1) is 6.92 Å². The Labute approximate surface area is 193 Å². The molecule has 0 saturated heterocycles. The van der Waals surface area contributed by atoms with Gasteiger partial charge in [-0.25, -0.2) is 4.98 Å². The number of unbranched alkanes of at least 4 members (excludes halogenated alkanes) is 1. The molecule has 0 aliphatic carbocycles. The van der Waals surface area contributed by atoms with E-state index < -0.39 is 0 Å². The third-order valence-corrected chi connectivity index (χ3v) is 5.41. The molecule has 0 saturated carbocycles. The van der Waals surface area contributed by atoms with Crippen molar-refractivity contribution < 1.29 is 4.79 Å². The monoisotopic (exact) mass is 445 g/mol. The van der Waals surface area contributed by atoms with Gasteiger partial charge < -0.3 is 16.0 Å². The van der Waals surface area contributed by atoms with E-state index in [1.807, 2.05) is 43.4 Å². The minimum absolute atomic E-state index is 0.0723. The van der Waals surface area contributed by atoms with Crippen LogP contribution in [0.25, 0.3) is 16.7 Å². The average molecular weight is 446 g/mol. The first-order valence-electron chi connectivity index (χ1n) is 11.5. The number of nitrogens with one attached hydrogen (secondary N) is 3. The number of amides is 1. The van der Waals surface area contributed by atoms with Crippen LogP contribution in [-0.4, -0.2) is 44.6 Å². The normalized spacial score (nSPS) is 11.4. The van der Waals surface area contributed by atoms with Crippen LogP contribution < -0.4 is 16.0 Å². The summed E-state index contributed by atoms with van der Waals surface area (Å²) >= 11 is 0. The van der Waals surface area contributed by atoms with Crippen molar-refractivity contribution in [2.24, 2.45) is 0 Å². The van der Waals surface area contributed by atoms with Crippen LogP contribution in [0.5, 0.6) is 0 Å². The molecule has 172 valence electrons. The van der Waals surface area contributed by atoms with Gasteiger partial charge in [0.2, 0.25) is 5.65 Å². The summed E-state index contributed by atoms with van der Waals surface area (Å²) in [5, 5.41) is 18.4. The molecule has 0 spiro atoms. The zero-order chi connectivity index (χ0) is 23.2. The lowest BCUT2D eigenvalue weighted by Crippen LogP contribution is -2.30. The minimum atomic E-state index is -0.103. The summed E-state index contributed by atoms with van der Waals surface area (Å²) in [5.41, 5.74) is 4.17. The number of nitrogens with zero attached hydrogens (tertiary/aromatic N) is 4. The number of aryl methyl sites for hydroxylation is 1. The molecule has 8 heteroatoms. The first-order valence-corrected chi connectivity index (χ1v) is 11.5. The van der Waals surface area contributed by atoms with Gasteiger partial charge in [0.25, 0.3) is 5.91 Å². The molecular formula is C25H31N7O. The fourth-order valence-corrected chi connectivity index (χ4v) is 3.79. The predicted octanol–water partition coefficient (Wildman–Crippen LogP) is 3.71. The maximum Gasteiger partial charge on any atom is 0.251 e. The number of fused-ring (bicyclic) bond motifs is 3. The second-order valence-electron chi connectivity index (χ2n) is 8.49. The van der Waals surface area contributed by atoms with E-state index in [-0.39, 0.29) is 11.9 Å². The standard InChI is InChI=1S/C25H31N7O/c1-17(2)28-25(33)20-11-12-21-22(15-20)32-18(3)30-31-24(32)23(29-21)27-14-8-7-13-26-16-19-9-5-4-6-10-19/h4-6,9-12,15,17,26H,7-8,13-14,16H2,1-3H3,(H,27,29)(H,28,33). The summed E-state index contributed by atoms with van der Waals surface area (Å²) in [6.45, 7) is 8.43. The van der Waals surface area contributed by atoms with E-state index in [0.717, 1.165) is 49.3 Å². The van der Waals surface area contributed by atoms with E-state index in [0.29, 0.717) is 17.0 Å². The maximum absolute atomic E-state index is 12.5. The van der Waals surface area contributed by atoms with Crippen LogP contribution in [0.2, 0.25) is 0 Å². The fraction of sp³-hybridized carbons (Fsp3) is 0.360. The van der Waals surface area contributed by atoms with Gasteiger partial charge in [-0.2, -0.15) is 0 Å². The number of benzene rings is 2. The lowest BCUT2D eigenvalue weighted by Gasteiger charge is -2.12. The molecule has 3 N–H and O–H groups in total. The molecule has 4 aromatic rings. The second-order valence-corrected chi connectivity index (χ2v) is 8.49. The van der Waals surface area contributed by atoms with Gasteiger partial charge >= 0.3 is 0 Å². The number of hydrogen-bond acceptors (Lipinski definition) is 6. The molecular weight excluding hydrogens is 414 g/mol. The van der Waals surface area contributed by atoms with Crippen LogP contribution in [0.3, 0.4) is 0 Å². The predicted molar refractivity (Wildman–Crippen MR) is 131 cm³/mol. The van der Waals surface area contributed by atoms with E-state index in [9.17, 15) is 4.79 Å². The third-order valence-electron chi connectivity index (χ3n) is 5.41. The first kappa shape index (κ1) is 22.7. The molecule has 2 aromatic heterocycles. The Morgan fingerprint density at radius 1 is 1.03 bits per heavy atom. The fourth-order valence-electron chi connectivity index (χ4n) is 3.79. The minimum Gasteiger partial charge on any atom is -0.367 e. The van der Waals surface area contributed by atoms with Gasteiger partial charge in [-0.05, 0) is 63.9 Å². The number of rotatable bonds is 10. The number of carbonyl (C=O) groups excluding carboxylic acids is 1. The summed E-state index contributed by atoms with van der Waals surface area (Å²) in [6, 6.07) is 16.0. The Bertz CT molecular complexity index is 1230. The van der Waals surface area contributed by atoms with Crippen LogP contribution >= 0.6 is 0 Å². The van der Waals surface area contributed by atoms with Gasteiger partial charge in [0, 0.05) is 24.7 Å². The van der Waals surface area contributed by atoms with Gasteiger partial charge in [-0.15, -0.1) is 10.2 Å². The molecule has 1 amide bonds. The Hall–Kier alpha value is -3.52. The lowest BCUT2D eigenvalue weighted by molar-refractivity contribution is 0.0943. The highest BCUT2D eigenvalue weighted by molar-refractivity contribution is 5.98. The summed E-state index contributed by atoms with van der Waals surface area (Å²) in [4.78, 5) is 17.2. The number of hydrogen-bond donors (Lipinski definition) is 3. The Morgan fingerprint density at radius 2 is 1.82 bits per heavy atom. The molecule has 33 heavy (non-hydrogen) atoms. The highest BCUT2D eigenvalue weighted by atomic mass is 16.1. The van der Waals surface area contributed by atoms with Crippen molar-refractivity contribution in [2.45, 2.75) is 46.2 Å². The molecule has 2 aromatic carbocycles. The summed E-state index contributed by atoms with van der Waals surface area (Å²) in [5.74, 6) is 1.36. The first-order chi connectivity index (χ1) is 16.0.